The van der Waals surface area contributed by atoms with Crippen LogP contribution in [0, 0.1) is 12.8 Å². The van der Waals surface area contributed by atoms with E-state index in [1.54, 1.807) is 25.4 Å². The number of aryl methyl sites for hydroxylation is 1. The van der Waals surface area contributed by atoms with Crippen LogP contribution in [-0.2, 0) is 9.53 Å². The van der Waals surface area contributed by atoms with E-state index >= 15 is 0 Å². The second kappa shape index (κ2) is 7.56. The van der Waals surface area contributed by atoms with E-state index < -0.39 is 5.97 Å². The third-order valence-corrected chi connectivity index (χ3v) is 4.92. The van der Waals surface area contributed by atoms with Crippen molar-refractivity contribution in [2.24, 2.45) is 5.92 Å². The van der Waals surface area contributed by atoms with Gasteiger partial charge in [0.15, 0.2) is 10.8 Å². The highest BCUT2D eigenvalue weighted by molar-refractivity contribution is 7.16. The molecule has 2 aromatic rings. The van der Waals surface area contributed by atoms with Gasteiger partial charge in [0.05, 0.1) is 13.0 Å². The van der Waals surface area contributed by atoms with Gasteiger partial charge in [-0.15, -0.1) is 11.3 Å². The van der Waals surface area contributed by atoms with Gasteiger partial charge in [0, 0.05) is 30.4 Å². The van der Waals surface area contributed by atoms with Crippen molar-refractivity contribution < 1.29 is 14.3 Å². The van der Waals surface area contributed by atoms with Crippen LogP contribution in [0.3, 0.4) is 0 Å². The number of nitrogens with zero attached hydrogens (tertiary/aromatic N) is 4. The Morgan fingerprint density at radius 1 is 1.36 bits per heavy atom. The van der Waals surface area contributed by atoms with Crippen LogP contribution in [0.1, 0.15) is 28.2 Å². The average Bonchev–Trinajstić information content (AvgIpc) is 3.02. The molecule has 0 unspecified atom stereocenters. The summed E-state index contributed by atoms with van der Waals surface area (Å²) in [5.74, 6) is -0.147. The van der Waals surface area contributed by atoms with Crippen LogP contribution in [0.4, 0.5) is 11.1 Å². The quantitative estimate of drug-likeness (QED) is 0.830. The van der Waals surface area contributed by atoms with Gasteiger partial charge in [-0.2, -0.15) is 0 Å². The zero-order valence-corrected chi connectivity index (χ0v) is 14.9. The predicted molar refractivity (Wildman–Crippen MR) is 93.8 cm³/mol. The number of carbonyl (C=O) groups is 2. The lowest BCUT2D eigenvalue weighted by Crippen LogP contribution is -2.41. The van der Waals surface area contributed by atoms with Crippen LogP contribution in [0.25, 0.3) is 0 Å². The Morgan fingerprint density at radius 3 is 2.84 bits per heavy atom. The second-order valence-electron chi connectivity index (χ2n) is 5.74. The summed E-state index contributed by atoms with van der Waals surface area (Å²) < 4.78 is 4.69. The maximum atomic E-state index is 12.6. The van der Waals surface area contributed by atoms with Gasteiger partial charge in [0.2, 0.25) is 11.9 Å². The van der Waals surface area contributed by atoms with Gasteiger partial charge in [-0.25, -0.2) is 19.7 Å². The number of anilines is 2. The van der Waals surface area contributed by atoms with E-state index in [0.717, 1.165) is 19.4 Å². The van der Waals surface area contributed by atoms with Crippen molar-refractivity contribution in [1.82, 2.24) is 15.0 Å². The summed E-state index contributed by atoms with van der Waals surface area (Å²) >= 11 is 1.27. The third-order valence-electron chi connectivity index (χ3n) is 4.03. The highest BCUT2D eigenvalue weighted by Crippen LogP contribution is 2.25. The molecule has 9 heteroatoms. The van der Waals surface area contributed by atoms with Crippen LogP contribution in [0.15, 0.2) is 18.5 Å². The topological polar surface area (TPSA) is 97.3 Å². The monoisotopic (exact) mass is 361 g/mol. The molecule has 0 saturated carbocycles. The molecule has 0 aliphatic carbocycles. The van der Waals surface area contributed by atoms with E-state index in [1.807, 2.05) is 4.90 Å². The maximum absolute atomic E-state index is 12.6. The molecule has 132 valence electrons. The lowest BCUT2D eigenvalue weighted by Gasteiger charge is -2.31. The molecular weight excluding hydrogens is 342 g/mol. The number of ether oxygens (including phenoxy) is 1. The molecular formula is C16H19N5O3S. The molecule has 1 saturated heterocycles. The van der Waals surface area contributed by atoms with Gasteiger partial charge in [0.25, 0.3) is 0 Å². The highest BCUT2D eigenvalue weighted by atomic mass is 32.1. The fraction of sp³-hybridized carbons (Fsp3) is 0.438. The van der Waals surface area contributed by atoms with Crippen molar-refractivity contribution in [3.8, 4) is 0 Å². The number of aromatic nitrogens is 3. The molecule has 1 atom stereocenters. The standard InChI is InChI=1S/C16H19N5O3S/c1-10-12(14(23)24-2)19-16(25-10)20-13(22)11-5-3-8-21(9-11)15-17-6-4-7-18-15/h4,6-7,11H,3,5,8-9H2,1-2H3,(H,19,20,22)/t11-/m1/s1. The van der Waals surface area contributed by atoms with E-state index in [-0.39, 0.29) is 17.5 Å². The number of methoxy groups -OCH3 is 1. The molecule has 3 heterocycles. The maximum Gasteiger partial charge on any atom is 0.357 e. The Morgan fingerprint density at radius 2 is 2.12 bits per heavy atom. The van der Waals surface area contributed by atoms with Gasteiger partial charge in [-0.05, 0) is 25.8 Å². The Kier molecular flexibility index (Phi) is 5.22. The van der Waals surface area contributed by atoms with Crippen molar-refractivity contribution >= 4 is 34.3 Å². The molecule has 3 rings (SSSR count). The number of nitrogens with one attached hydrogen (secondary N) is 1. The highest BCUT2D eigenvalue weighted by Gasteiger charge is 2.28. The zero-order valence-electron chi connectivity index (χ0n) is 14.1. The number of amides is 1. The summed E-state index contributed by atoms with van der Waals surface area (Å²) in [6.45, 7) is 3.16. The number of hydrogen-bond acceptors (Lipinski definition) is 8. The molecule has 0 bridgehead atoms. The Hall–Kier alpha value is -2.55. The second-order valence-corrected chi connectivity index (χ2v) is 6.94. The number of thiazole rings is 1. The number of piperidine rings is 1. The average molecular weight is 361 g/mol. The van der Waals surface area contributed by atoms with E-state index in [0.29, 0.717) is 22.5 Å². The van der Waals surface area contributed by atoms with E-state index in [2.05, 4.69) is 25.0 Å². The lowest BCUT2D eigenvalue weighted by molar-refractivity contribution is -0.120. The van der Waals surface area contributed by atoms with Gasteiger partial charge >= 0.3 is 5.97 Å². The van der Waals surface area contributed by atoms with Crippen molar-refractivity contribution in [1.29, 1.82) is 0 Å². The first-order valence-corrected chi connectivity index (χ1v) is 8.78. The number of hydrogen-bond donors (Lipinski definition) is 1. The molecule has 0 spiro atoms. The van der Waals surface area contributed by atoms with E-state index in [9.17, 15) is 9.59 Å². The van der Waals surface area contributed by atoms with Crippen molar-refractivity contribution in [2.45, 2.75) is 19.8 Å². The first-order valence-electron chi connectivity index (χ1n) is 7.97. The Balaban J connectivity index is 1.66. The van der Waals surface area contributed by atoms with Crippen LogP contribution >= 0.6 is 11.3 Å². The lowest BCUT2D eigenvalue weighted by atomic mass is 9.97. The molecule has 1 fully saturated rings. The van der Waals surface area contributed by atoms with Gasteiger partial charge in [-0.1, -0.05) is 0 Å². The fourth-order valence-electron chi connectivity index (χ4n) is 2.77. The summed E-state index contributed by atoms with van der Waals surface area (Å²) in [6.07, 6.45) is 5.07. The minimum Gasteiger partial charge on any atom is -0.464 e. The zero-order chi connectivity index (χ0) is 17.8. The molecule has 1 N–H and O–H groups in total. The summed E-state index contributed by atoms with van der Waals surface area (Å²) in [6, 6.07) is 1.77. The SMILES string of the molecule is COC(=O)c1nc(NC(=O)[C@@H]2CCCN(c3ncccn3)C2)sc1C. The predicted octanol–water partition coefficient (Wildman–Crippen LogP) is 1.88. The summed E-state index contributed by atoms with van der Waals surface area (Å²) in [5, 5.41) is 3.23. The normalized spacial score (nSPS) is 17.2. The van der Waals surface area contributed by atoms with Crippen LogP contribution in [-0.4, -0.2) is 47.0 Å². The summed E-state index contributed by atoms with van der Waals surface area (Å²) in [4.78, 5) is 39.6. The largest absolute Gasteiger partial charge is 0.464 e. The third kappa shape index (κ3) is 3.93. The van der Waals surface area contributed by atoms with Crippen molar-refractivity contribution in [3.63, 3.8) is 0 Å². The van der Waals surface area contributed by atoms with Gasteiger partial charge in [-0.3, -0.25) is 4.79 Å². The first kappa shape index (κ1) is 17.3. The van der Waals surface area contributed by atoms with E-state index in [4.69, 9.17) is 0 Å². The van der Waals surface area contributed by atoms with Crippen molar-refractivity contribution in [3.05, 3.63) is 29.0 Å². The molecule has 1 aliphatic heterocycles. The molecule has 2 aromatic heterocycles. The molecule has 0 aromatic carbocycles. The molecule has 0 radical (unpaired) electrons. The van der Waals surface area contributed by atoms with E-state index in [1.165, 1.54) is 18.4 Å². The van der Waals surface area contributed by atoms with Crippen LogP contribution in [0.5, 0.6) is 0 Å². The number of rotatable bonds is 4. The summed E-state index contributed by atoms with van der Waals surface area (Å²) in [5.41, 5.74) is 0.241. The molecule has 1 amide bonds. The first-order chi connectivity index (χ1) is 12.1. The van der Waals surface area contributed by atoms with Gasteiger partial charge in [0.1, 0.15) is 0 Å². The van der Waals surface area contributed by atoms with Crippen LogP contribution in [0.2, 0.25) is 0 Å². The minimum atomic E-state index is -0.501. The molecule has 1 aliphatic rings. The molecule has 8 nitrogen and oxygen atoms in total. The number of carbonyl (C=O) groups excluding carboxylic acids is 2. The van der Waals surface area contributed by atoms with Gasteiger partial charge < -0.3 is 15.0 Å². The summed E-state index contributed by atoms with van der Waals surface area (Å²) in [7, 11) is 1.31. The smallest absolute Gasteiger partial charge is 0.357 e. The molecule has 25 heavy (non-hydrogen) atoms. The van der Waals surface area contributed by atoms with Crippen LogP contribution < -0.4 is 10.2 Å². The fourth-order valence-corrected chi connectivity index (χ4v) is 3.57. The Labute approximate surface area is 149 Å². The van der Waals surface area contributed by atoms with Crippen molar-refractivity contribution in [2.75, 3.05) is 30.4 Å². The Bertz CT molecular complexity index is 764. The number of esters is 1. The minimum absolute atomic E-state index is 0.106.